The molecule has 0 saturated carbocycles. The highest BCUT2D eigenvalue weighted by atomic mass is 32.2. The number of hydrogen-bond acceptors (Lipinski definition) is 6. The number of hydrogen-bond donors (Lipinski definition) is 1. The predicted octanol–water partition coefficient (Wildman–Crippen LogP) is 4.85. The van der Waals surface area contributed by atoms with Crippen molar-refractivity contribution in [2.24, 2.45) is 0 Å². The van der Waals surface area contributed by atoms with Crippen molar-refractivity contribution >= 4 is 46.3 Å². The normalized spacial score (nSPS) is 15.9. The Morgan fingerprint density at radius 2 is 1.88 bits per heavy atom. The van der Waals surface area contributed by atoms with Crippen molar-refractivity contribution in [3.63, 3.8) is 0 Å². The van der Waals surface area contributed by atoms with Crippen molar-refractivity contribution < 1.29 is 23.8 Å². The molecule has 4 rings (SSSR count). The zero-order valence-electron chi connectivity index (χ0n) is 17.1. The smallest absolute Gasteiger partial charge is 0.327 e. The van der Waals surface area contributed by atoms with Gasteiger partial charge in [-0.05, 0) is 42.0 Å². The lowest BCUT2D eigenvalue weighted by atomic mass is 10.0. The van der Waals surface area contributed by atoms with Crippen molar-refractivity contribution in [2.75, 3.05) is 7.11 Å². The Labute approximate surface area is 194 Å². The highest BCUT2D eigenvalue weighted by Crippen LogP contribution is 2.35. The zero-order chi connectivity index (χ0) is 22.7. The quantitative estimate of drug-likeness (QED) is 0.395. The second-order valence-electron chi connectivity index (χ2n) is 7.03. The number of ether oxygens (including phenoxy) is 1. The SMILES string of the molecule is COc1ccc(-c2ccc(C=C3SC(=S)N(C(Cc4ccccc4)C(=O)O)C3=O)o2)cc1. The van der Waals surface area contributed by atoms with E-state index in [1.54, 1.807) is 19.3 Å². The van der Waals surface area contributed by atoms with E-state index >= 15 is 0 Å². The minimum atomic E-state index is -1.11. The number of aliphatic carboxylic acids is 1. The van der Waals surface area contributed by atoms with Gasteiger partial charge in [0.25, 0.3) is 5.91 Å². The van der Waals surface area contributed by atoms with Crippen LogP contribution in [0, 0.1) is 0 Å². The van der Waals surface area contributed by atoms with Crippen LogP contribution in [0.2, 0.25) is 0 Å². The lowest BCUT2D eigenvalue weighted by Crippen LogP contribution is -2.45. The Hall–Kier alpha value is -3.36. The number of amides is 1. The molecule has 0 bridgehead atoms. The summed E-state index contributed by atoms with van der Waals surface area (Å²) in [5, 5.41) is 9.76. The molecule has 162 valence electrons. The van der Waals surface area contributed by atoms with Crippen LogP contribution in [-0.4, -0.2) is 39.4 Å². The molecule has 1 fully saturated rings. The molecule has 0 aliphatic carbocycles. The van der Waals surface area contributed by atoms with Crippen LogP contribution < -0.4 is 4.74 Å². The predicted molar refractivity (Wildman–Crippen MR) is 127 cm³/mol. The molecule has 0 spiro atoms. The van der Waals surface area contributed by atoms with Gasteiger partial charge in [0.1, 0.15) is 27.6 Å². The minimum Gasteiger partial charge on any atom is -0.497 e. The Kier molecular flexibility index (Phi) is 6.43. The van der Waals surface area contributed by atoms with Gasteiger partial charge in [0.15, 0.2) is 0 Å². The molecule has 2 heterocycles. The third-order valence-electron chi connectivity index (χ3n) is 4.97. The van der Waals surface area contributed by atoms with Gasteiger partial charge in [-0.15, -0.1) is 0 Å². The first-order chi connectivity index (χ1) is 15.5. The van der Waals surface area contributed by atoms with Crippen molar-refractivity contribution in [1.29, 1.82) is 0 Å². The van der Waals surface area contributed by atoms with Crippen LogP contribution in [0.15, 0.2) is 76.1 Å². The fourth-order valence-electron chi connectivity index (χ4n) is 3.34. The average molecular weight is 466 g/mol. The van der Waals surface area contributed by atoms with E-state index in [1.165, 1.54) is 4.90 Å². The van der Waals surface area contributed by atoms with Crippen molar-refractivity contribution in [3.8, 4) is 17.1 Å². The largest absolute Gasteiger partial charge is 0.497 e. The second-order valence-corrected chi connectivity index (χ2v) is 8.70. The van der Waals surface area contributed by atoms with Gasteiger partial charge < -0.3 is 14.3 Å². The van der Waals surface area contributed by atoms with Crippen LogP contribution in [0.3, 0.4) is 0 Å². The van der Waals surface area contributed by atoms with E-state index in [0.717, 1.165) is 28.6 Å². The fraction of sp³-hybridized carbons (Fsp3) is 0.125. The summed E-state index contributed by atoms with van der Waals surface area (Å²) < 4.78 is 11.2. The molecule has 1 N–H and O–H groups in total. The first-order valence-electron chi connectivity index (χ1n) is 9.74. The molecule has 1 aliphatic rings. The van der Waals surface area contributed by atoms with E-state index in [2.05, 4.69) is 0 Å². The third-order valence-corrected chi connectivity index (χ3v) is 6.30. The van der Waals surface area contributed by atoms with Crippen molar-refractivity contribution in [1.82, 2.24) is 4.90 Å². The summed E-state index contributed by atoms with van der Waals surface area (Å²) in [5.41, 5.74) is 1.68. The van der Waals surface area contributed by atoms with Gasteiger partial charge in [0.05, 0.1) is 12.0 Å². The van der Waals surface area contributed by atoms with Crippen LogP contribution in [-0.2, 0) is 16.0 Å². The lowest BCUT2D eigenvalue weighted by Gasteiger charge is -2.23. The number of carbonyl (C=O) groups is 2. The van der Waals surface area contributed by atoms with Crippen LogP contribution in [0.1, 0.15) is 11.3 Å². The minimum absolute atomic E-state index is 0.165. The van der Waals surface area contributed by atoms with Gasteiger partial charge in [0.2, 0.25) is 0 Å². The Bertz CT molecular complexity index is 1180. The Balaban J connectivity index is 1.55. The number of thioether (sulfide) groups is 1. The number of carboxylic acid groups (broad SMARTS) is 1. The maximum Gasteiger partial charge on any atom is 0.327 e. The topological polar surface area (TPSA) is 80.0 Å². The van der Waals surface area contributed by atoms with E-state index < -0.39 is 17.9 Å². The molecule has 1 atom stereocenters. The van der Waals surface area contributed by atoms with Gasteiger partial charge in [-0.2, -0.15) is 0 Å². The summed E-state index contributed by atoms with van der Waals surface area (Å²) in [7, 11) is 1.60. The molecule has 6 nitrogen and oxygen atoms in total. The van der Waals surface area contributed by atoms with Crippen molar-refractivity contribution in [2.45, 2.75) is 12.5 Å². The van der Waals surface area contributed by atoms with E-state index in [0.29, 0.717) is 16.4 Å². The number of carboxylic acids is 1. The molecule has 1 aliphatic heterocycles. The number of rotatable bonds is 7. The molecule has 2 aromatic carbocycles. The lowest BCUT2D eigenvalue weighted by molar-refractivity contribution is -0.145. The summed E-state index contributed by atoms with van der Waals surface area (Å²) in [6.07, 6.45) is 1.76. The second kappa shape index (κ2) is 9.42. The maximum absolute atomic E-state index is 13.0. The van der Waals surface area contributed by atoms with E-state index in [1.807, 2.05) is 60.7 Å². The van der Waals surface area contributed by atoms with Gasteiger partial charge >= 0.3 is 5.97 Å². The molecule has 1 amide bonds. The van der Waals surface area contributed by atoms with Gasteiger partial charge in [-0.3, -0.25) is 9.69 Å². The van der Waals surface area contributed by atoms with E-state index in [9.17, 15) is 14.7 Å². The first-order valence-corrected chi connectivity index (χ1v) is 11.0. The van der Waals surface area contributed by atoms with Crippen LogP contribution in [0.25, 0.3) is 17.4 Å². The third kappa shape index (κ3) is 4.61. The standard InChI is InChI=1S/C24H19NO5S2/c1-29-17-9-7-16(8-10-17)20-12-11-18(30-20)14-21-22(26)25(24(31)32-21)19(23(27)28)13-15-5-3-2-4-6-15/h2-12,14,19H,13H2,1H3,(H,27,28). The molecule has 8 heteroatoms. The van der Waals surface area contributed by atoms with E-state index in [-0.39, 0.29) is 10.7 Å². The van der Waals surface area contributed by atoms with Gasteiger partial charge in [-0.1, -0.05) is 54.3 Å². The summed E-state index contributed by atoms with van der Waals surface area (Å²) in [4.78, 5) is 26.5. The zero-order valence-corrected chi connectivity index (χ0v) is 18.7. The Morgan fingerprint density at radius 3 is 2.53 bits per heavy atom. The molecule has 0 radical (unpaired) electrons. The van der Waals surface area contributed by atoms with E-state index in [4.69, 9.17) is 21.4 Å². The van der Waals surface area contributed by atoms with Crippen LogP contribution in [0.4, 0.5) is 0 Å². The molecule has 1 aromatic heterocycles. The molecular formula is C24H19NO5S2. The number of nitrogens with zero attached hydrogens (tertiary/aromatic N) is 1. The van der Waals surface area contributed by atoms with Crippen LogP contribution >= 0.6 is 24.0 Å². The van der Waals surface area contributed by atoms with Gasteiger partial charge in [-0.25, -0.2) is 4.79 Å². The summed E-state index contributed by atoms with van der Waals surface area (Å²) in [5.74, 6) is 0.317. The highest BCUT2D eigenvalue weighted by Gasteiger charge is 2.40. The monoisotopic (exact) mass is 465 g/mol. The maximum atomic E-state index is 13.0. The first kappa shape index (κ1) is 21.9. The summed E-state index contributed by atoms with van der Waals surface area (Å²) in [6, 6.07) is 19.1. The number of furan rings is 1. The Morgan fingerprint density at radius 1 is 1.16 bits per heavy atom. The summed E-state index contributed by atoms with van der Waals surface area (Å²) >= 11 is 6.42. The number of carbonyl (C=O) groups excluding carboxylic acids is 1. The number of benzene rings is 2. The molecular weight excluding hydrogens is 446 g/mol. The molecule has 1 saturated heterocycles. The molecule has 3 aromatic rings. The molecule has 1 unspecified atom stereocenters. The van der Waals surface area contributed by atoms with Crippen LogP contribution in [0.5, 0.6) is 5.75 Å². The number of thiocarbonyl (C=S) groups is 1. The summed E-state index contributed by atoms with van der Waals surface area (Å²) in [6.45, 7) is 0. The molecule has 32 heavy (non-hydrogen) atoms. The fourth-order valence-corrected chi connectivity index (χ4v) is 4.68. The average Bonchev–Trinajstić information content (AvgIpc) is 3.37. The van der Waals surface area contributed by atoms with Gasteiger partial charge in [0, 0.05) is 18.1 Å². The number of methoxy groups -OCH3 is 1. The highest BCUT2D eigenvalue weighted by molar-refractivity contribution is 8.26. The van der Waals surface area contributed by atoms with Crippen molar-refractivity contribution in [3.05, 3.63) is 83.0 Å².